The summed E-state index contributed by atoms with van der Waals surface area (Å²) in [6, 6.07) is 18.5. The quantitative estimate of drug-likeness (QED) is 0.640. The molecule has 0 fully saturated rings. The van der Waals surface area contributed by atoms with Crippen LogP contribution in [0.2, 0.25) is 5.15 Å². The van der Waals surface area contributed by atoms with E-state index in [4.69, 9.17) is 11.6 Å². The van der Waals surface area contributed by atoms with Gasteiger partial charge in [0.05, 0.1) is 0 Å². The summed E-state index contributed by atoms with van der Waals surface area (Å²) < 4.78 is 0. The van der Waals surface area contributed by atoms with Crippen LogP contribution in [0.15, 0.2) is 67.1 Å². The second-order valence-corrected chi connectivity index (χ2v) is 4.53. The van der Waals surface area contributed by atoms with Gasteiger partial charge in [0.15, 0.2) is 0 Å². The number of aromatic nitrogens is 2. The third-order valence-corrected chi connectivity index (χ3v) is 3.27. The van der Waals surface area contributed by atoms with Gasteiger partial charge < -0.3 is 0 Å². The van der Waals surface area contributed by atoms with Crippen molar-refractivity contribution in [3.63, 3.8) is 0 Å². The lowest BCUT2D eigenvalue weighted by Crippen LogP contribution is -1.85. The Morgan fingerprint density at radius 2 is 1.37 bits per heavy atom. The summed E-state index contributed by atoms with van der Waals surface area (Å²) in [6.07, 6.45) is 3.18. The lowest BCUT2D eigenvalue weighted by atomic mass is 10.0. The van der Waals surface area contributed by atoms with E-state index in [9.17, 15) is 0 Å². The Kier molecular flexibility index (Phi) is 3.25. The minimum Gasteiger partial charge on any atom is -0.244 e. The molecule has 3 rings (SSSR count). The first-order chi connectivity index (χ1) is 9.34. The molecule has 0 spiro atoms. The Balaban J connectivity index is 1.98. The molecule has 3 aromatic rings. The smallest absolute Gasteiger partial charge is 0.140 e. The first kappa shape index (κ1) is 11.9. The Labute approximate surface area is 116 Å². The predicted molar refractivity (Wildman–Crippen MR) is 77.9 cm³/mol. The summed E-state index contributed by atoms with van der Waals surface area (Å²) >= 11 is 6.06. The maximum absolute atomic E-state index is 6.06. The van der Waals surface area contributed by atoms with Crippen LogP contribution in [0.3, 0.4) is 0 Å². The van der Waals surface area contributed by atoms with Crippen LogP contribution in [0.5, 0.6) is 0 Å². The minimum absolute atomic E-state index is 0.475. The fourth-order valence-electron chi connectivity index (χ4n) is 1.98. The topological polar surface area (TPSA) is 25.8 Å². The third-order valence-electron chi connectivity index (χ3n) is 2.97. The van der Waals surface area contributed by atoms with Gasteiger partial charge >= 0.3 is 0 Å². The molecule has 0 radical (unpaired) electrons. The zero-order valence-electron chi connectivity index (χ0n) is 10.1. The molecule has 0 aliphatic heterocycles. The lowest BCUT2D eigenvalue weighted by molar-refractivity contribution is 1.17. The molecular weight excluding hydrogens is 256 g/mol. The largest absolute Gasteiger partial charge is 0.244 e. The maximum Gasteiger partial charge on any atom is 0.140 e. The summed E-state index contributed by atoms with van der Waals surface area (Å²) in [5.74, 6) is 0. The summed E-state index contributed by atoms with van der Waals surface area (Å²) in [5.41, 5.74) is 4.25. The number of rotatable bonds is 2. The zero-order chi connectivity index (χ0) is 13.1. The first-order valence-corrected chi connectivity index (χ1v) is 6.34. The van der Waals surface area contributed by atoms with Crippen LogP contribution in [0.25, 0.3) is 22.3 Å². The highest BCUT2D eigenvalue weighted by atomic mass is 35.5. The normalized spacial score (nSPS) is 10.4. The van der Waals surface area contributed by atoms with Gasteiger partial charge in [-0.25, -0.2) is 9.97 Å². The summed E-state index contributed by atoms with van der Waals surface area (Å²) in [5, 5.41) is 0.475. The molecule has 1 aromatic heterocycles. The summed E-state index contributed by atoms with van der Waals surface area (Å²) in [4.78, 5) is 8.00. The minimum atomic E-state index is 0.475. The van der Waals surface area contributed by atoms with E-state index < -0.39 is 0 Å². The zero-order valence-corrected chi connectivity index (χ0v) is 10.9. The predicted octanol–water partition coefficient (Wildman–Crippen LogP) is 4.46. The van der Waals surface area contributed by atoms with E-state index >= 15 is 0 Å². The van der Waals surface area contributed by atoms with Crippen LogP contribution in [0, 0.1) is 0 Å². The number of nitrogens with zero attached hydrogens (tertiary/aromatic N) is 2. The van der Waals surface area contributed by atoms with E-state index in [-0.39, 0.29) is 0 Å². The first-order valence-electron chi connectivity index (χ1n) is 5.96. The van der Waals surface area contributed by atoms with Gasteiger partial charge in [0, 0.05) is 11.8 Å². The Morgan fingerprint density at radius 1 is 0.737 bits per heavy atom. The average Bonchev–Trinajstić information content (AvgIpc) is 2.49. The van der Waals surface area contributed by atoms with Crippen LogP contribution in [0.1, 0.15) is 0 Å². The fourth-order valence-corrected chi connectivity index (χ4v) is 2.18. The van der Waals surface area contributed by atoms with Crippen LogP contribution < -0.4 is 0 Å². The number of hydrogen-bond acceptors (Lipinski definition) is 2. The highest BCUT2D eigenvalue weighted by molar-refractivity contribution is 6.32. The molecule has 0 amide bonds. The molecule has 0 N–H and O–H groups in total. The van der Waals surface area contributed by atoms with Crippen LogP contribution in [-0.2, 0) is 0 Å². The molecule has 3 heteroatoms. The van der Waals surface area contributed by atoms with E-state index in [0.29, 0.717) is 5.15 Å². The van der Waals surface area contributed by atoms with Gasteiger partial charge in [-0.1, -0.05) is 66.2 Å². The second-order valence-electron chi connectivity index (χ2n) is 4.17. The molecule has 1 heterocycles. The van der Waals surface area contributed by atoms with Gasteiger partial charge in [0.1, 0.15) is 11.5 Å². The van der Waals surface area contributed by atoms with Crippen molar-refractivity contribution in [1.82, 2.24) is 9.97 Å². The van der Waals surface area contributed by atoms with Crippen molar-refractivity contribution >= 4 is 11.6 Å². The monoisotopic (exact) mass is 266 g/mol. The number of benzene rings is 2. The summed E-state index contributed by atoms with van der Waals surface area (Å²) in [7, 11) is 0. The van der Waals surface area contributed by atoms with Gasteiger partial charge in [0.2, 0.25) is 0 Å². The highest BCUT2D eigenvalue weighted by Gasteiger charge is 2.04. The van der Waals surface area contributed by atoms with Crippen molar-refractivity contribution in [2.24, 2.45) is 0 Å². The lowest BCUT2D eigenvalue weighted by Gasteiger charge is -2.05. The van der Waals surface area contributed by atoms with Gasteiger partial charge in [0.25, 0.3) is 0 Å². The van der Waals surface area contributed by atoms with Crippen molar-refractivity contribution in [2.45, 2.75) is 0 Å². The molecule has 0 bridgehead atoms. The van der Waals surface area contributed by atoms with Gasteiger partial charge in [-0.05, 0) is 16.7 Å². The molecule has 0 saturated heterocycles. The fraction of sp³-hybridized carbons (Fsp3) is 0. The van der Waals surface area contributed by atoms with E-state index in [1.54, 1.807) is 6.20 Å². The highest BCUT2D eigenvalue weighted by Crippen LogP contribution is 2.27. The summed E-state index contributed by atoms with van der Waals surface area (Å²) in [6.45, 7) is 0. The van der Waals surface area contributed by atoms with E-state index in [1.807, 2.05) is 30.3 Å². The Hall–Kier alpha value is -2.19. The van der Waals surface area contributed by atoms with Crippen molar-refractivity contribution in [3.8, 4) is 22.3 Å². The van der Waals surface area contributed by atoms with E-state index in [2.05, 4.69) is 34.2 Å². The molecule has 0 unspecified atom stereocenters. The molecular formula is C16H11ClN2. The standard InChI is InChI=1S/C16H11ClN2/c17-16-15(10-18-11-19-16)14-8-6-13(7-9-14)12-4-2-1-3-5-12/h1-11H. The van der Waals surface area contributed by atoms with Crippen LogP contribution in [0.4, 0.5) is 0 Å². The molecule has 0 atom stereocenters. The Morgan fingerprint density at radius 3 is 2.05 bits per heavy atom. The molecule has 2 nitrogen and oxygen atoms in total. The molecule has 0 saturated carbocycles. The molecule has 92 valence electrons. The SMILES string of the molecule is Clc1ncncc1-c1ccc(-c2ccccc2)cc1. The van der Waals surface area contributed by atoms with E-state index in [0.717, 1.165) is 11.1 Å². The van der Waals surface area contributed by atoms with Gasteiger partial charge in [-0.3, -0.25) is 0 Å². The van der Waals surface area contributed by atoms with Crippen LogP contribution >= 0.6 is 11.6 Å². The second kappa shape index (κ2) is 5.21. The van der Waals surface area contributed by atoms with Gasteiger partial charge in [-0.2, -0.15) is 0 Å². The van der Waals surface area contributed by atoms with Crippen molar-refractivity contribution in [3.05, 3.63) is 72.3 Å². The number of hydrogen-bond donors (Lipinski definition) is 0. The van der Waals surface area contributed by atoms with Crippen molar-refractivity contribution < 1.29 is 0 Å². The Bertz CT molecular complexity index is 679. The maximum atomic E-state index is 6.06. The molecule has 0 aliphatic rings. The third kappa shape index (κ3) is 2.49. The molecule has 19 heavy (non-hydrogen) atoms. The van der Waals surface area contributed by atoms with E-state index in [1.165, 1.54) is 17.5 Å². The van der Waals surface area contributed by atoms with Crippen LogP contribution in [-0.4, -0.2) is 9.97 Å². The average molecular weight is 267 g/mol. The van der Waals surface area contributed by atoms with Crippen molar-refractivity contribution in [1.29, 1.82) is 0 Å². The van der Waals surface area contributed by atoms with Gasteiger partial charge in [-0.15, -0.1) is 0 Å². The molecule has 0 aliphatic carbocycles. The van der Waals surface area contributed by atoms with Crippen molar-refractivity contribution in [2.75, 3.05) is 0 Å². The molecule has 2 aromatic carbocycles. The number of halogens is 1.